The largest absolute Gasteiger partial charge is 0.295 e. The van der Waals surface area contributed by atoms with Crippen molar-refractivity contribution in [1.29, 1.82) is 0 Å². The van der Waals surface area contributed by atoms with Gasteiger partial charge in [-0.3, -0.25) is 13.9 Å². The van der Waals surface area contributed by atoms with Crippen LogP contribution in [0.3, 0.4) is 0 Å². The first-order valence-electron chi connectivity index (χ1n) is 11.0. The summed E-state index contributed by atoms with van der Waals surface area (Å²) >= 11 is 0. The predicted molar refractivity (Wildman–Crippen MR) is 123 cm³/mol. The second-order valence-electron chi connectivity index (χ2n) is 8.34. The molecular weight excluding hydrogens is 386 g/mol. The Kier molecular flexibility index (Phi) is 4.13. The maximum Gasteiger partial charge on any atom is 0.265 e. The molecule has 5 aromatic rings. The average molecular weight is 409 g/mol. The first kappa shape index (κ1) is 18.2. The van der Waals surface area contributed by atoms with Crippen LogP contribution in [0.25, 0.3) is 38.9 Å². The number of hydrogen-bond acceptors (Lipinski definition) is 4. The van der Waals surface area contributed by atoms with E-state index in [9.17, 15) is 4.79 Å². The number of para-hydroxylation sites is 2. The maximum atomic E-state index is 13.7. The number of rotatable bonds is 3. The van der Waals surface area contributed by atoms with Crippen molar-refractivity contribution in [2.24, 2.45) is 0 Å². The minimum Gasteiger partial charge on any atom is -0.295 e. The van der Waals surface area contributed by atoms with E-state index in [4.69, 9.17) is 15.0 Å². The van der Waals surface area contributed by atoms with Crippen molar-refractivity contribution in [3.63, 3.8) is 0 Å². The second-order valence-corrected chi connectivity index (χ2v) is 8.34. The van der Waals surface area contributed by atoms with Crippen LogP contribution in [-0.2, 0) is 6.42 Å². The van der Waals surface area contributed by atoms with Crippen LogP contribution in [0.1, 0.15) is 44.2 Å². The van der Waals surface area contributed by atoms with Gasteiger partial charge in [-0.25, -0.2) is 15.0 Å². The summed E-state index contributed by atoms with van der Waals surface area (Å²) in [6.07, 6.45) is 7.02. The molecule has 1 fully saturated rings. The third kappa shape index (κ3) is 2.78. The molecule has 0 amide bonds. The molecule has 3 heterocycles. The number of hydrogen-bond donors (Lipinski definition) is 0. The normalized spacial score (nSPS) is 14.9. The highest BCUT2D eigenvalue weighted by molar-refractivity contribution is 6.05. The molecule has 6 nitrogen and oxygen atoms in total. The van der Waals surface area contributed by atoms with E-state index in [0.29, 0.717) is 22.2 Å². The highest BCUT2D eigenvalue weighted by atomic mass is 16.1. The number of aryl methyl sites for hydroxylation is 1. The summed E-state index contributed by atoms with van der Waals surface area (Å²) in [7, 11) is 0. The van der Waals surface area contributed by atoms with Gasteiger partial charge in [0.2, 0.25) is 0 Å². The summed E-state index contributed by atoms with van der Waals surface area (Å²) in [5.41, 5.74) is 5.68. The summed E-state index contributed by atoms with van der Waals surface area (Å²) in [6.45, 7) is 2.14. The van der Waals surface area contributed by atoms with E-state index in [2.05, 4.69) is 19.1 Å². The Morgan fingerprint density at radius 2 is 1.74 bits per heavy atom. The molecule has 31 heavy (non-hydrogen) atoms. The zero-order valence-corrected chi connectivity index (χ0v) is 17.5. The molecule has 154 valence electrons. The molecule has 0 spiro atoms. The molecule has 0 aliphatic heterocycles. The van der Waals surface area contributed by atoms with Gasteiger partial charge in [-0.15, -0.1) is 0 Å². The third-order valence-electron chi connectivity index (χ3n) is 6.48. The minimum atomic E-state index is -0.0168. The van der Waals surface area contributed by atoms with E-state index < -0.39 is 0 Å². The number of nitrogens with zero attached hydrogens (tertiary/aromatic N) is 5. The molecular formula is C25H23N5O. The van der Waals surface area contributed by atoms with Gasteiger partial charge in [-0.2, -0.15) is 0 Å². The van der Waals surface area contributed by atoms with Gasteiger partial charge < -0.3 is 0 Å². The van der Waals surface area contributed by atoms with Crippen molar-refractivity contribution in [2.75, 3.05) is 0 Å². The number of aromatic nitrogens is 5. The van der Waals surface area contributed by atoms with E-state index in [1.807, 2.05) is 45.5 Å². The van der Waals surface area contributed by atoms with Gasteiger partial charge >= 0.3 is 0 Å². The van der Waals surface area contributed by atoms with Gasteiger partial charge in [0.15, 0.2) is 11.3 Å². The maximum absolute atomic E-state index is 13.7. The molecule has 6 rings (SSSR count). The van der Waals surface area contributed by atoms with Crippen LogP contribution in [0.15, 0.2) is 59.7 Å². The van der Waals surface area contributed by atoms with Crippen molar-refractivity contribution in [1.82, 2.24) is 24.1 Å². The molecule has 0 unspecified atom stereocenters. The smallest absolute Gasteiger partial charge is 0.265 e. The molecule has 1 saturated carbocycles. The van der Waals surface area contributed by atoms with E-state index >= 15 is 0 Å². The van der Waals surface area contributed by atoms with Crippen molar-refractivity contribution < 1.29 is 0 Å². The van der Waals surface area contributed by atoms with Gasteiger partial charge in [-0.1, -0.05) is 44.0 Å². The Morgan fingerprint density at radius 3 is 2.52 bits per heavy atom. The zero-order chi connectivity index (χ0) is 20.9. The summed E-state index contributed by atoms with van der Waals surface area (Å²) in [5.74, 6) is 0. The molecule has 0 bridgehead atoms. The fourth-order valence-corrected chi connectivity index (χ4v) is 4.85. The summed E-state index contributed by atoms with van der Waals surface area (Å²) in [6, 6.07) is 16.4. The van der Waals surface area contributed by atoms with Crippen LogP contribution in [-0.4, -0.2) is 24.1 Å². The van der Waals surface area contributed by atoms with Gasteiger partial charge in [0, 0.05) is 11.7 Å². The molecule has 6 heteroatoms. The average Bonchev–Trinajstić information content (AvgIpc) is 3.44. The van der Waals surface area contributed by atoms with Crippen molar-refractivity contribution in [3.8, 4) is 5.69 Å². The highest BCUT2D eigenvalue weighted by Crippen LogP contribution is 2.31. The van der Waals surface area contributed by atoms with Crippen LogP contribution < -0.4 is 5.56 Å². The van der Waals surface area contributed by atoms with Crippen LogP contribution in [0.4, 0.5) is 0 Å². The lowest BCUT2D eigenvalue weighted by Gasteiger charge is -2.13. The lowest BCUT2D eigenvalue weighted by Crippen LogP contribution is -2.23. The fourth-order valence-electron chi connectivity index (χ4n) is 4.85. The monoisotopic (exact) mass is 409 g/mol. The van der Waals surface area contributed by atoms with E-state index in [1.165, 1.54) is 5.56 Å². The summed E-state index contributed by atoms with van der Waals surface area (Å²) < 4.78 is 3.81. The SMILES string of the molecule is CCc1cccc(-n2c3nc4ccccc4nc3c3c(=O)n(C4CCCC4)cnc32)c1. The van der Waals surface area contributed by atoms with Gasteiger partial charge in [-0.05, 0) is 49.1 Å². The standard InChI is InChI=1S/C25H23N5O/c1-2-16-8-7-11-18(14-16)30-23-21(25(31)29(15-26-23)17-9-3-4-10-17)22-24(30)28-20-13-6-5-12-19(20)27-22/h5-8,11-15,17H,2-4,9-10H2,1H3. The minimum absolute atomic E-state index is 0.0168. The van der Waals surface area contributed by atoms with Crippen LogP contribution in [0, 0.1) is 0 Å². The topological polar surface area (TPSA) is 65.6 Å². The van der Waals surface area contributed by atoms with E-state index in [0.717, 1.165) is 48.8 Å². The Morgan fingerprint density at radius 1 is 0.968 bits per heavy atom. The number of fused-ring (bicyclic) bond motifs is 4. The van der Waals surface area contributed by atoms with Crippen LogP contribution in [0.5, 0.6) is 0 Å². The lowest BCUT2D eigenvalue weighted by molar-refractivity contribution is 0.499. The Labute approximate surface area is 179 Å². The summed E-state index contributed by atoms with van der Waals surface area (Å²) in [5, 5.41) is 0.560. The lowest BCUT2D eigenvalue weighted by atomic mass is 10.1. The zero-order valence-electron chi connectivity index (χ0n) is 17.5. The Balaban J connectivity index is 1.75. The highest BCUT2D eigenvalue weighted by Gasteiger charge is 2.24. The van der Waals surface area contributed by atoms with Crippen molar-refractivity contribution in [2.45, 2.75) is 45.1 Å². The molecule has 0 radical (unpaired) electrons. The summed E-state index contributed by atoms with van der Waals surface area (Å²) in [4.78, 5) is 28.3. The molecule has 0 saturated heterocycles. The van der Waals surface area contributed by atoms with Crippen LogP contribution >= 0.6 is 0 Å². The first-order valence-corrected chi connectivity index (χ1v) is 11.0. The Bertz CT molecular complexity index is 1510. The van der Waals surface area contributed by atoms with Gasteiger partial charge in [0.1, 0.15) is 17.2 Å². The van der Waals surface area contributed by atoms with Crippen molar-refractivity contribution >= 4 is 33.2 Å². The number of benzene rings is 2. The van der Waals surface area contributed by atoms with E-state index in [1.54, 1.807) is 6.33 Å². The third-order valence-corrected chi connectivity index (χ3v) is 6.48. The van der Waals surface area contributed by atoms with Crippen LogP contribution in [0.2, 0.25) is 0 Å². The van der Waals surface area contributed by atoms with E-state index in [-0.39, 0.29) is 11.6 Å². The molecule has 1 aliphatic rings. The molecule has 0 atom stereocenters. The quantitative estimate of drug-likeness (QED) is 0.422. The second kappa shape index (κ2) is 7.01. The Hall–Kier alpha value is -3.54. The van der Waals surface area contributed by atoms with Gasteiger partial charge in [0.25, 0.3) is 5.56 Å². The molecule has 2 aromatic carbocycles. The first-order chi connectivity index (χ1) is 15.2. The molecule has 0 N–H and O–H groups in total. The fraction of sp³-hybridized carbons (Fsp3) is 0.280. The molecule has 1 aliphatic carbocycles. The predicted octanol–water partition coefficient (Wildman–Crippen LogP) is 4.96. The van der Waals surface area contributed by atoms with Crippen molar-refractivity contribution in [3.05, 3.63) is 70.8 Å². The molecule has 3 aromatic heterocycles. The van der Waals surface area contributed by atoms with Gasteiger partial charge in [0.05, 0.1) is 11.0 Å².